The van der Waals surface area contributed by atoms with Gasteiger partial charge in [0.2, 0.25) is 14.3 Å². The maximum Gasteiger partial charge on any atom is 0.407 e. The zero-order chi connectivity index (χ0) is 36.5. The molecule has 3 aromatic rings. The number of carbonyl (C=O) groups excluding carboxylic acids is 3. The first-order valence-corrected chi connectivity index (χ1v) is 19.5. The van der Waals surface area contributed by atoms with Gasteiger partial charge in [0.15, 0.2) is 0 Å². The summed E-state index contributed by atoms with van der Waals surface area (Å²) in [4.78, 5) is 42.5. The molecule has 1 heterocycles. The number of unbranched alkanes of at least 4 members (excludes halogenated alkanes) is 2. The summed E-state index contributed by atoms with van der Waals surface area (Å²) in [7, 11) is -2.09. The maximum atomic E-state index is 14.4. The summed E-state index contributed by atoms with van der Waals surface area (Å²) in [6.07, 6.45) is 1.86. The lowest BCUT2D eigenvalue weighted by atomic mass is 10.1. The predicted molar refractivity (Wildman–Crippen MR) is 194 cm³/mol. The number of nitrogens with zero attached hydrogens (tertiary/aromatic N) is 2. The number of alkyl carbamates (subject to hydrolysis) is 1. The van der Waals surface area contributed by atoms with E-state index in [1.54, 1.807) is 6.92 Å². The van der Waals surface area contributed by atoms with Gasteiger partial charge in [0.25, 0.3) is 5.91 Å². The van der Waals surface area contributed by atoms with Crippen LogP contribution in [0, 0.1) is 5.82 Å². The normalized spacial score (nSPS) is 12.2. The van der Waals surface area contributed by atoms with Gasteiger partial charge in [0.1, 0.15) is 11.4 Å². The minimum Gasteiger partial charge on any atom is -0.462 e. The highest BCUT2D eigenvalue weighted by atomic mass is 28.4. The van der Waals surface area contributed by atoms with Crippen LogP contribution in [-0.4, -0.2) is 54.6 Å². The lowest BCUT2D eigenvalue weighted by Crippen LogP contribution is -2.47. The highest BCUT2D eigenvalue weighted by molar-refractivity contribution is 6.77. The number of benzene rings is 2. The van der Waals surface area contributed by atoms with Crippen LogP contribution >= 0.6 is 0 Å². The van der Waals surface area contributed by atoms with E-state index in [2.05, 4.69) is 52.2 Å². The quantitative estimate of drug-likeness (QED) is 0.0870. The summed E-state index contributed by atoms with van der Waals surface area (Å²) in [5, 5.41) is 5.67. The van der Waals surface area contributed by atoms with E-state index in [1.165, 1.54) is 12.1 Å². The van der Waals surface area contributed by atoms with Crippen molar-refractivity contribution in [2.75, 3.05) is 18.5 Å². The summed E-state index contributed by atoms with van der Waals surface area (Å²) in [6.45, 7) is 22.2. The number of anilines is 1. The average Bonchev–Trinajstić information content (AvgIpc) is 3.33. The molecule has 1 aromatic heterocycles. The number of hydrogen-bond acceptors (Lipinski definition) is 7. The molecule has 2 N–H and O–H groups in total. The second kappa shape index (κ2) is 17.2. The van der Waals surface area contributed by atoms with Gasteiger partial charge in [-0.1, -0.05) is 47.6 Å². The number of imidazole rings is 1. The smallest absolute Gasteiger partial charge is 0.407 e. The number of aryl methyl sites for hydroxylation is 1. The van der Waals surface area contributed by atoms with E-state index in [9.17, 15) is 18.8 Å². The second-order valence-corrected chi connectivity index (χ2v) is 19.8. The highest BCUT2D eigenvalue weighted by Gasteiger charge is 2.45. The molecule has 0 unspecified atom stereocenters. The Morgan fingerprint density at radius 2 is 1.61 bits per heavy atom. The molecule has 0 saturated heterocycles. The van der Waals surface area contributed by atoms with Gasteiger partial charge in [-0.2, -0.15) is 0 Å². The van der Waals surface area contributed by atoms with E-state index in [1.807, 2.05) is 43.5 Å². The first-order valence-electron chi connectivity index (χ1n) is 17.4. The van der Waals surface area contributed by atoms with Crippen molar-refractivity contribution in [2.45, 2.75) is 124 Å². The number of fused-ring (bicyclic) bond motifs is 1. The van der Waals surface area contributed by atoms with E-state index < -0.39 is 37.7 Å². The molecule has 0 atom stereocenters. The Bertz CT molecular complexity index is 1580. The van der Waals surface area contributed by atoms with E-state index in [-0.39, 0.29) is 17.7 Å². The van der Waals surface area contributed by atoms with Crippen molar-refractivity contribution in [3.8, 4) is 0 Å². The summed E-state index contributed by atoms with van der Waals surface area (Å²) >= 11 is 0. The Morgan fingerprint density at radius 3 is 2.22 bits per heavy atom. The third-order valence-corrected chi connectivity index (χ3v) is 14.7. The fourth-order valence-electron chi connectivity index (χ4n) is 6.58. The van der Waals surface area contributed by atoms with Crippen molar-refractivity contribution in [1.29, 1.82) is 0 Å². The van der Waals surface area contributed by atoms with Gasteiger partial charge in [-0.25, -0.2) is 19.0 Å². The first kappa shape index (κ1) is 39.7. The Hall–Kier alpha value is -3.77. The van der Waals surface area contributed by atoms with Crippen LogP contribution in [0.3, 0.4) is 0 Å². The molecule has 12 heteroatoms. The SMILES string of the molecule is CCOC(=O)c1cc(C(=O)Nc2nc3cc(CO[Si](C(C)C)(C(C)C)C(C)C)ccc3n2CCCCCNC(=O)OC(C)(C)C)ccc1F. The molecule has 270 valence electrons. The number of amides is 2. The van der Waals surface area contributed by atoms with Gasteiger partial charge in [-0.3, -0.25) is 10.1 Å². The van der Waals surface area contributed by atoms with Crippen LogP contribution in [0.1, 0.15) is 115 Å². The van der Waals surface area contributed by atoms with Crippen molar-refractivity contribution in [1.82, 2.24) is 14.9 Å². The summed E-state index contributed by atoms with van der Waals surface area (Å²) in [5.74, 6) is -1.80. The van der Waals surface area contributed by atoms with Crippen molar-refractivity contribution in [3.63, 3.8) is 0 Å². The van der Waals surface area contributed by atoms with E-state index >= 15 is 0 Å². The van der Waals surface area contributed by atoms with Crippen molar-refractivity contribution in [2.24, 2.45) is 0 Å². The van der Waals surface area contributed by atoms with Gasteiger partial charge >= 0.3 is 12.1 Å². The zero-order valence-corrected chi connectivity index (χ0v) is 31.9. The van der Waals surface area contributed by atoms with Crippen LogP contribution in [-0.2, 0) is 27.1 Å². The fourth-order valence-corrected chi connectivity index (χ4v) is 12.0. The number of carbonyl (C=O) groups is 3. The standard InChI is InChI=1S/C37H55FN4O6Si/c1-11-46-34(44)29-22-28(16-17-30(29)38)33(43)41-35-40-31-21-27(23-47-49(24(2)3,25(4)5)26(6)7)15-18-32(31)42(35)20-14-12-13-19-39-36(45)48-37(8,9)10/h15-18,21-22,24-26H,11-14,19-20,23H2,1-10H3,(H,39,45)(H,40,41,43). The number of aromatic nitrogens is 2. The molecule has 0 aliphatic heterocycles. The minimum atomic E-state index is -2.09. The second-order valence-electron chi connectivity index (χ2n) is 14.4. The summed E-state index contributed by atoms with van der Waals surface area (Å²) in [5.41, 5.74) is 3.14. The van der Waals surface area contributed by atoms with Gasteiger partial charge in [-0.05, 0) is 99.5 Å². The van der Waals surface area contributed by atoms with Crippen LogP contribution in [0.15, 0.2) is 36.4 Å². The molecule has 0 fully saturated rings. The number of halogens is 1. The molecule has 0 spiro atoms. The van der Waals surface area contributed by atoms with Crippen LogP contribution in [0.2, 0.25) is 16.6 Å². The third-order valence-electron chi connectivity index (χ3n) is 8.68. The summed E-state index contributed by atoms with van der Waals surface area (Å²) in [6, 6.07) is 9.64. The molecule has 0 saturated carbocycles. The molecule has 10 nitrogen and oxygen atoms in total. The molecular weight excluding hydrogens is 644 g/mol. The zero-order valence-electron chi connectivity index (χ0n) is 30.9. The molecular formula is C37H55FN4O6Si. The molecule has 2 amide bonds. The van der Waals surface area contributed by atoms with Gasteiger partial charge in [0, 0.05) is 18.7 Å². The van der Waals surface area contributed by atoms with Crippen molar-refractivity contribution >= 4 is 43.3 Å². The predicted octanol–water partition coefficient (Wildman–Crippen LogP) is 8.99. The molecule has 2 aromatic carbocycles. The van der Waals surface area contributed by atoms with Gasteiger partial charge in [0.05, 0.1) is 29.8 Å². The minimum absolute atomic E-state index is 0.0817. The number of nitrogens with one attached hydrogen (secondary N) is 2. The number of ether oxygens (including phenoxy) is 2. The fraction of sp³-hybridized carbons (Fsp3) is 0.568. The first-order chi connectivity index (χ1) is 23.0. The van der Waals surface area contributed by atoms with Crippen molar-refractivity contribution in [3.05, 3.63) is 58.9 Å². The third kappa shape index (κ3) is 10.4. The van der Waals surface area contributed by atoms with E-state index in [4.69, 9.17) is 18.9 Å². The van der Waals surface area contributed by atoms with E-state index in [0.717, 1.165) is 36.4 Å². The number of rotatable bonds is 16. The van der Waals surface area contributed by atoms with Crippen molar-refractivity contribution < 1.29 is 32.7 Å². The average molecular weight is 699 g/mol. The van der Waals surface area contributed by atoms with Gasteiger partial charge in [-0.15, -0.1) is 0 Å². The topological polar surface area (TPSA) is 121 Å². The largest absolute Gasteiger partial charge is 0.462 e. The molecule has 0 aliphatic rings. The molecule has 0 bridgehead atoms. The van der Waals surface area contributed by atoms with Crippen LogP contribution < -0.4 is 10.6 Å². The Morgan fingerprint density at radius 1 is 0.939 bits per heavy atom. The van der Waals surface area contributed by atoms with Crippen LogP contribution in [0.5, 0.6) is 0 Å². The van der Waals surface area contributed by atoms with Crippen LogP contribution in [0.25, 0.3) is 11.0 Å². The number of esters is 1. The Labute approximate surface area is 291 Å². The lowest BCUT2D eigenvalue weighted by Gasteiger charge is -2.42. The van der Waals surface area contributed by atoms with E-state index in [0.29, 0.717) is 47.8 Å². The molecule has 3 rings (SSSR count). The number of hydrogen-bond donors (Lipinski definition) is 2. The maximum absolute atomic E-state index is 14.4. The molecule has 49 heavy (non-hydrogen) atoms. The Balaban J connectivity index is 1.86. The lowest BCUT2D eigenvalue weighted by molar-refractivity contribution is 0.0512. The molecule has 0 aliphatic carbocycles. The van der Waals surface area contributed by atoms with Crippen LogP contribution in [0.4, 0.5) is 15.1 Å². The van der Waals surface area contributed by atoms with Gasteiger partial charge < -0.3 is 23.8 Å². The Kier molecular flexibility index (Phi) is 14.0. The summed E-state index contributed by atoms with van der Waals surface area (Å²) < 4.78 is 33.4. The highest BCUT2D eigenvalue weighted by Crippen LogP contribution is 2.42. The molecule has 0 radical (unpaired) electrons. The monoisotopic (exact) mass is 698 g/mol.